The highest BCUT2D eigenvalue weighted by molar-refractivity contribution is 6.30. The quantitative estimate of drug-likeness (QED) is 0.885. The zero-order chi connectivity index (χ0) is 10.8. The molecular formula is C12H17Cl2NO. The molecule has 1 heterocycles. The second kappa shape index (κ2) is 5.87. The van der Waals surface area contributed by atoms with Crippen molar-refractivity contribution in [1.82, 2.24) is 4.90 Å². The fourth-order valence-corrected chi connectivity index (χ4v) is 2.53. The first-order valence-electron chi connectivity index (χ1n) is 5.29. The molecule has 2 unspecified atom stereocenters. The molecule has 0 spiro atoms. The summed E-state index contributed by atoms with van der Waals surface area (Å²) in [7, 11) is 2.11. The molecule has 1 aromatic rings. The smallest absolute Gasteiger partial charge is 0.0478 e. The molecule has 16 heavy (non-hydrogen) atoms. The van der Waals surface area contributed by atoms with Crippen molar-refractivity contribution in [3.63, 3.8) is 0 Å². The van der Waals surface area contributed by atoms with Gasteiger partial charge in [0, 0.05) is 23.6 Å². The molecule has 0 bridgehead atoms. The molecule has 1 aliphatic heterocycles. The van der Waals surface area contributed by atoms with Crippen LogP contribution in [0.1, 0.15) is 18.0 Å². The Morgan fingerprint density at radius 1 is 1.38 bits per heavy atom. The molecule has 0 aromatic heterocycles. The van der Waals surface area contributed by atoms with E-state index in [2.05, 4.69) is 24.1 Å². The fourth-order valence-electron chi connectivity index (χ4n) is 2.40. The average Bonchev–Trinajstić information content (AvgIpc) is 2.61. The van der Waals surface area contributed by atoms with Crippen molar-refractivity contribution in [2.75, 3.05) is 20.2 Å². The van der Waals surface area contributed by atoms with E-state index in [0.717, 1.165) is 18.0 Å². The Bertz CT molecular complexity index is 328. The lowest BCUT2D eigenvalue weighted by Gasteiger charge is -2.24. The van der Waals surface area contributed by atoms with Gasteiger partial charge in [-0.25, -0.2) is 0 Å². The van der Waals surface area contributed by atoms with E-state index in [1.54, 1.807) is 0 Å². The minimum atomic E-state index is 0. The lowest BCUT2D eigenvalue weighted by atomic mass is 9.95. The molecule has 0 radical (unpaired) electrons. The van der Waals surface area contributed by atoms with E-state index in [9.17, 15) is 5.11 Å². The van der Waals surface area contributed by atoms with Gasteiger partial charge < -0.3 is 5.11 Å². The van der Waals surface area contributed by atoms with Gasteiger partial charge in [-0.1, -0.05) is 23.7 Å². The third kappa shape index (κ3) is 2.69. The number of nitrogens with zero attached hydrogens (tertiary/aromatic N) is 1. The van der Waals surface area contributed by atoms with Gasteiger partial charge in [-0.05, 0) is 37.7 Å². The Morgan fingerprint density at radius 3 is 2.56 bits per heavy atom. The second-order valence-electron chi connectivity index (χ2n) is 4.21. The summed E-state index contributed by atoms with van der Waals surface area (Å²) in [5, 5.41) is 10.1. The number of likely N-dealkylation sites (tertiary alicyclic amines) is 1. The summed E-state index contributed by atoms with van der Waals surface area (Å²) < 4.78 is 0. The molecule has 1 saturated heterocycles. The number of hydrogen-bond donors (Lipinski definition) is 1. The van der Waals surface area contributed by atoms with Gasteiger partial charge in [0.2, 0.25) is 0 Å². The van der Waals surface area contributed by atoms with E-state index in [1.807, 2.05) is 12.1 Å². The van der Waals surface area contributed by atoms with Crippen LogP contribution in [0.2, 0.25) is 5.02 Å². The predicted octanol–water partition coefficient (Wildman–Crippen LogP) is 2.75. The number of aliphatic hydroxyl groups excluding tert-OH is 1. The van der Waals surface area contributed by atoms with Gasteiger partial charge in [0.1, 0.15) is 0 Å². The summed E-state index contributed by atoms with van der Waals surface area (Å²) >= 11 is 5.86. The van der Waals surface area contributed by atoms with Crippen LogP contribution < -0.4 is 0 Å². The molecular weight excluding hydrogens is 245 g/mol. The topological polar surface area (TPSA) is 23.5 Å². The summed E-state index contributed by atoms with van der Waals surface area (Å²) in [6.45, 7) is 1.32. The Balaban J connectivity index is 0.00000128. The first-order valence-corrected chi connectivity index (χ1v) is 5.66. The molecule has 0 amide bonds. The standard InChI is InChI=1S/C12H16ClNO.ClH/c1-14-7-6-10(8-15)12(14)9-2-4-11(13)5-3-9;/h2-5,10,12,15H,6-8H2,1H3;1H. The minimum Gasteiger partial charge on any atom is -0.396 e. The van der Waals surface area contributed by atoms with Crippen LogP contribution in [0, 0.1) is 5.92 Å². The zero-order valence-corrected chi connectivity index (χ0v) is 10.8. The number of hydrogen-bond acceptors (Lipinski definition) is 2. The van der Waals surface area contributed by atoms with E-state index in [4.69, 9.17) is 11.6 Å². The van der Waals surface area contributed by atoms with Crippen LogP contribution in [0.15, 0.2) is 24.3 Å². The molecule has 2 rings (SSSR count). The highest BCUT2D eigenvalue weighted by Gasteiger charge is 2.32. The summed E-state index contributed by atoms with van der Waals surface area (Å²) in [5.41, 5.74) is 1.25. The van der Waals surface area contributed by atoms with Crippen molar-refractivity contribution in [3.05, 3.63) is 34.9 Å². The lowest BCUT2D eigenvalue weighted by molar-refractivity contribution is 0.182. The number of aliphatic hydroxyl groups is 1. The van der Waals surface area contributed by atoms with Crippen LogP contribution in [-0.2, 0) is 0 Å². The number of benzene rings is 1. The van der Waals surface area contributed by atoms with E-state index >= 15 is 0 Å². The first-order chi connectivity index (χ1) is 7.22. The monoisotopic (exact) mass is 261 g/mol. The van der Waals surface area contributed by atoms with E-state index in [0.29, 0.717) is 12.0 Å². The van der Waals surface area contributed by atoms with Crippen molar-refractivity contribution in [2.24, 2.45) is 5.92 Å². The molecule has 1 N–H and O–H groups in total. The molecule has 1 aliphatic rings. The maximum atomic E-state index is 9.32. The van der Waals surface area contributed by atoms with E-state index < -0.39 is 0 Å². The van der Waals surface area contributed by atoms with Crippen molar-refractivity contribution in [3.8, 4) is 0 Å². The van der Waals surface area contributed by atoms with Gasteiger partial charge in [-0.2, -0.15) is 0 Å². The van der Waals surface area contributed by atoms with Gasteiger partial charge in [0.25, 0.3) is 0 Å². The average molecular weight is 262 g/mol. The summed E-state index contributed by atoms with van der Waals surface area (Å²) in [6, 6.07) is 8.27. The predicted molar refractivity (Wildman–Crippen MR) is 69.3 cm³/mol. The van der Waals surface area contributed by atoms with Gasteiger partial charge in [-0.15, -0.1) is 12.4 Å². The van der Waals surface area contributed by atoms with Crippen molar-refractivity contribution < 1.29 is 5.11 Å². The summed E-state index contributed by atoms with van der Waals surface area (Å²) in [4.78, 5) is 2.30. The van der Waals surface area contributed by atoms with Gasteiger partial charge >= 0.3 is 0 Å². The molecule has 2 atom stereocenters. The van der Waals surface area contributed by atoms with Crippen LogP contribution in [0.25, 0.3) is 0 Å². The zero-order valence-electron chi connectivity index (χ0n) is 9.27. The molecule has 4 heteroatoms. The molecule has 0 aliphatic carbocycles. The Kier molecular flexibility index (Phi) is 5.06. The van der Waals surface area contributed by atoms with Gasteiger partial charge in [0.05, 0.1) is 0 Å². The molecule has 2 nitrogen and oxygen atoms in total. The SMILES string of the molecule is CN1CCC(CO)C1c1ccc(Cl)cc1.Cl. The van der Waals surface area contributed by atoms with Crippen LogP contribution in [0.4, 0.5) is 0 Å². The molecule has 1 aromatic carbocycles. The van der Waals surface area contributed by atoms with Crippen LogP contribution in [0.3, 0.4) is 0 Å². The summed E-state index contributed by atoms with van der Waals surface area (Å²) in [5.74, 6) is 0.358. The molecule has 90 valence electrons. The third-order valence-corrected chi connectivity index (χ3v) is 3.47. The van der Waals surface area contributed by atoms with Crippen LogP contribution in [-0.4, -0.2) is 30.2 Å². The first kappa shape index (κ1) is 13.8. The highest BCUT2D eigenvalue weighted by Crippen LogP contribution is 2.35. The molecule has 0 saturated carbocycles. The number of halogens is 2. The van der Waals surface area contributed by atoms with Crippen molar-refractivity contribution >= 4 is 24.0 Å². The maximum absolute atomic E-state index is 9.32. The Hall–Kier alpha value is -0.280. The second-order valence-corrected chi connectivity index (χ2v) is 4.64. The molecule has 1 fully saturated rings. The fraction of sp³-hybridized carbons (Fsp3) is 0.500. The maximum Gasteiger partial charge on any atom is 0.0478 e. The largest absolute Gasteiger partial charge is 0.396 e. The van der Waals surface area contributed by atoms with Gasteiger partial charge in [0.15, 0.2) is 0 Å². The van der Waals surface area contributed by atoms with Crippen molar-refractivity contribution in [1.29, 1.82) is 0 Å². The van der Waals surface area contributed by atoms with E-state index in [1.165, 1.54) is 5.56 Å². The highest BCUT2D eigenvalue weighted by atomic mass is 35.5. The summed E-state index contributed by atoms with van der Waals surface area (Å²) in [6.07, 6.45) is 1.07. The van der Waals surface area contributed by atoms with E-state index in [-0.39, 0.29) is 19.0 Å². The normalized spacial score (nSPS) is 25.4. The van der Waals surface area contributed by atoms with Crippen molar-refractivity contribution in [2.45, 2.75) is 12.5 Å². The Labute approximate surface area is 108 Å². The third-order valence-electron chi connectivity index (χ3n) is 3.22. The van der Waals surface area contributed by atoms with Gasteiger partial charge in [-0.3, -0.25) is 4.90 Å². The van der Waals surface area contributed by atoms with Crippen LogP contribution in [0.5, 0.6) is 0 Å². The lowest BCUT2D eigenvalue weighted by Crippen LogP contribution is -2.22. The van der Waals surface area contributed by atoms with Crippen LogP contribution >= 0.6 is 24.0 Å². The Morgan fingerprint density at radius 2 is 2.00 bits per heavy atom. The number of rotatable bonds is 2. The minimum absolute atomic E-state index is 0.